The Labute approximate surface area is 124 Å². The lowest BCUT2D eigenvalue weighted by molar-refractivity contribution is -0.120. The largest absolute Gasteiger partial charge is 0.354 e. The van der Waals surface area contributed by atoms with E-state index in [4.69, 9.17) is 34.8 Å². The minimum absolute atomic E-state index is 0.0303. The van der Waals surface area contributed by atoms with E-state index in [1.807, 2.05) is 0 Å². The van der Waals surface area contributed by atoms with Crippen LogP contribution in [0.5, 0.6) is 0 Å². The van der Waals surface area contributed by atoms with Crippen molar-refractivity contribution in [3.8, 4) is 0 Å². The highest BCUT2D eigenvalue weighted by molar-refractivity contribution is 6.48. The fraction of sp³-hybridized carbons (Fsp3) is 0.364. The molecule has 2 heterocycles. The molecule has 0 atom stereocenters. The first kappa shape index (κ1) is 14.4. The fourth-order valence-corrected chi connectivity index (χ4v) is 2.27. The van der Waals surface area contributed by atoms with E-state index < -0.39 is 0 Å². The first-order valence-corrected chi connectivity index (χ1v) is 6.69. The lowest BCUT2D eigenvalue weighted by Crippen LogP contribution is -2.34. The van der Waals surface area contributed by atoms with E-state index in [1.165, 1.54) is 11.1 Å². The molecular weight excluding hydrogens is 312 g/mol. The zero-order valence-electron chi connectivity index (χ0n) is 9.75. The van der Waals surface area contributed by atoms with Crippen molar-refractivity contribution in [2.75, 3.05) is 19.6 Å². The standard InChI is InChI=1S/C11H10Cl3N3O2/c12-6-5-16-10(9(14)8(6)13)11(19)17-3-1-7(18)15-2-4-17/h5H,1-4H2,(H,15,18). The van der Waals surface area contributed by atoms with E-state index >= 15 is 0 Å². The van der Waals surface area contributed by atoms with Gasteiger partial charge < -0.3 is 10.2 Å². The van der Waals surface area contributed by atoms with Crippen molar-refractivity contribution in [1.82, 2.24) is 15.2 Å². The summed E-state index contributed by atoms with van der Waals surface area (Å²) in [5, 5.41) is 3.01. The fourth-order valence-electron chi connectivity index (χ4n) is 1.71. The van der Waals surface area contributed by atoms with E-state index in [0.717, 1.165) is 0 Å². The number of hydrogen-bond acceptors (Lipinski definition) is 3. The molecule has 1 aliphatic heterocycles. The third kappa shape index (κ3) is 3.11. The maximum absolute atomic E-state index is 12.3. The van der Waals surface area contributed by atoms with Gasteiger partial charge in [0, 0.05) is 32.3 Å². The summed E-state index contributed by atoms with van der Waals surface area (Å²) >= 11 is 17.6. The number of nitrogens with one attached hydrogen (secondary N) is 1. The average Bonchev–Trinajstić information content (AvgIpc) is 2.60. The van der Waals surface area contributed by atoms with Crippen molar-refractivity contribution in [2.24, 2.45) is 0 Å². The van der Waals surface area contributed by atoms with Crippen LogP contribution in [0, 0.1) is 0 Å². The highest BCUT2D eigenvalue weighted by Crippen LogP contribution is 2.31. The second kappa shape index (κ2) is 5.94. The average molecular weight is 323 g/mol. The Balaban J connectivity index is 2.24. The van der Waals surface area contributed by atoms with Crippen LogP contribution >= 0.6 is 34.8 Å². The Morgan fingerprint density at radius 3 is 2.74 bits per heavy atom. The summed E-state index contributed by atoms with van der Waals surface area (Å²) in [7, 11) is 0. The van der Waals surface area contributed by atoms with E-state index in [0.29, 0.717) is 19.6 Å². The smallest absolute Gasteiger partial charge is 0.274 e. The van der Waals surface area contributed by atoms with Crippen LogP contribution in [-0.4, -0.2) is 41.3 Å². The zero-order chi connectivity index (χ0) is 14.0. The summed E-state index contributed by atoms with van der Waals surface area (Å²) in [6.45, 7) is 1.13. The zero-order valence-corrected chi connectivity index (χ0v) is 12.0. The predicted molar refractivity (Wildman–Crippen MR) is 72.8 cm³/mol. The van der Waals surface area contributed by atoms with Crippen molar-refractivity contribution < 1.29 is 9.59 Å². The molecule has 0 bridgehead atoms. The number of nitrogens with zero attached hydrogens (tertiary/aromatic N) is 2. The van der Waals surface area contributed by atoms with Gasteiger partial charge >= 0.3 is 0 Å². The number of halogens is 3. The number of carbonyl (C=O) groups is 2. The molecule has 1 saturated heterocycles. The van der Waals surface area contributed by atoms with Gasteiger partial charge in [-0.15, -0.1) is 0 Å². The van der Waals surface area contributed by atoms with Crippen LogP contribution in [-0.2, 0) is 4.79 Å². The topological polar surface area (TPSA) is 62.3 Å². The van der Waals surface area contributed by atoms with Crippen LogP contribution in [0.4, 0.5) is 0 Å². The number of carbonyl (C=O) groups excluding carboxylic acids is 2. The Bertz CT molecular complexity index is 536. The summed E-state index contributed by atoms with van der Waals surface area (Å²) < 4.78 is 0. The van der Waals surface area contributed by atoms with Crippen molar-refractivity contribution >= 4 is 46.6 Å². The molecule has 2 rings (SSSR count). The van der Waals surface area contributed by atoms with Crippen molar-refractivity contribution in [1.29, 1.82) is 0 Å². The molecular formula is C11H10Cl3N3O2. The van der Waals surface area contributed by atoms with Crippen LogP contribution in [0.1, 0.15) is 16.9 Å². The van der Waals surface area contributed by atoms with Crippen LogP contribution in [0.2, 0.25) is 15.1 Å². The second-order valence-electron chi connectivity index (χ2n) is 3.97. The summed E-state index contributed by atoms with van der Waals surface area (Å²) in [6, 6.07) is 0. The van der Waals surface area contributed by atoms with Crippen molar-refractivity contribution in [3.63, 3.8) is 0 Å². The Kier molecular flexibility index (Phi) is 4.50. The third-order valence-electron chi connectivity index (χ3n) is 2.72. The van der Waals surface area contributed by atoms with Gasteiger partial charge in [-0.1, -0.05) is 34.8 Å². The maximum Gasteiger partial charge on any atom is 0.274 e. The molecule has 19 heavy (non-hydrogen) atoms. The van der Waals surface area contributed by atoms with Gasteiger partial charge in [-0.05, 0) is 0 Å². The minimum Gasteiger partial charge on any atom is -0.354 e. The van der Waals surface area contributed by atoms with E-state index in [2.05, 4.69) is 10.3 Å². The molecule has 0 radical (unpaired) electrons. The first-order valence-electron chi connectivity index (χ1n) is 5.56. The van der Waals surface area contributed by atoms with Crippen molar-refractivity contribution in [3.05, 3.63) is 27.0 Å². The molecule has 102 valence electrons. The number of amides is 2. The molecule has 5 nitrogen and oxygen atoms in total. The monoisotopic (exact) mass is 321 g/mol. The summed E-state index contributed by atoms with van der Waals surface area (Å²) in [6.07, 6.45) is 1.54. The molecule has 1 N–H and O–H groups in total. The number of aromatic nitrogens is 1. The highest BCUT2D eigenvalue weighted by atomic mass is 35.5. The molecule has 0 unspecified atom stereocenters. The normalized spacial score (nSPS) is 15.9. The number of pyridine rings is 1. The number of rotatable bonds is 1. The van der Waals surface area contributed by atoms with Crippen molar-refractivity contribution in [2.45, 2.75) is 6.42 Å². The van der Waals surface area contributed by atoms with Gasteiger partial charge in [0.1, 0.15) is 5.69 Å². The molecule has 0 aliphatic carbocycles. The van der Waals surface area contributed by atoms with Gasteiger partial charge in [0.2, 0.25) is 5.91 Å². The van der Waals surface area contributed by atoms with Gasteiger partial charge in [0.05, 0.1) is 15.1 Å². The molecule has 1 fully saturated rings. The van der Waals surface area contributed by atoms with Gasteiger partial charge in [-0.3, -0.25) is 9.59 Å². The minimum atomic E-state index is -0.361. The van der Waals surface area contributed by atoms with Gasteiger partial charge in [0.15, 0.2) is 0 Å². The maximum atomic E-state index is 12.3. The predicted octanol–water partition coefficient (Wildman–Crippen LogP) is 2.00. The van der Waals surface area contributed by atoms with Gasteiger partial charge in [-0.2, -0.15) is 0 Å². The summed E-state index contributed by atoms with van der Waals surface area (Å²) in [4.78, 5) is 28.9. The van der Waals surface area contributed by atoms with Gasteiger partial charge in [0.25, 0.3) is 5.91 Å². The molecule has 1 aromatic rings. The van der Waals surface area contributed by atoms with E-state index in [-0.39, 0.29) is 39.0 Å². The SMILES string of the molecule is O=C1CCN(C(=O)c2ncc(Cl)c(Cl)c2Cl)CCN1. The molecule has 0 saturated carbocycles. The first-order chi connectivity index (χ1) is 9.00. The quantitative estimate of drug-likeness (QED) is 0.860. The third-order valence-corrected chi connectivity index (χ3v) is 3.96. The van der Waals surface area contributed by atoms with Gasteiger partial charge in [-0.25, -0.2) is 4.98 Å². The Morgan fingerprint density at radius 1 is 1.26 bits per heavy atom. The molecule has 1 aromatic heterocycles. The van der Waals surface area contributed by atoms with Crippen LogP contribution < -0.4 is 5.32 Å². The molecule has 1 aliphatic rings. The second-order valence-corrected chi connectivity index (χ2v) is 5.14. The Hall–Kier alpha value is -1.04. The molecule has 8 heteroatoms. The lowest BCUT2D eigenvalue weighted by Gasteiger charge is -2.19. The number of hydrogen-bond donors (Lipinski definition) is 1. The van der Waals surface area contributed by atoms with E-state index in [9.17, 15) is 9.59 Å². The van der Waals surface area contributed by atoms with E-state index in [1.54, 1.807) is 0 Å². The highest BCUT2D eigenvalue weighted by Gasteiger charge is 2.24. The summed E-state index contributed by atoms with van der Waals surface area (Å²) in [5.74, 6) is -0.441. The summed E-state index contributed by atoms with van der Waals surface area (Å²) in [5.41, 5.74) is 0.0467. The molecule has 0 aromatic carbocycles. The molecule has 0 spiro atoms. The Morgan fingerprint density at radius 2 is 2.00 bits per heavy atom. The lowest BCUT2D eigenvalue weighted by atomic mass is 10.3. The van der Waals surface area contributed by atoms with Crippen LogP contribution in [0.15, 0.2) is 6.20 Å². The van der Waals surface area contributed by atoms with Crippen LogP contribution in [0.25, 0.3) is 0 Å². The molecule has 2 amide bonds. The van der Waals surface area contributed by atoms with Crippen LogP contribution in [0.3, 0.4) is 0 Å².